The van der Waals surface area contributed by atoms with Crippen LogP contribution in [0.15, 0.2) is 36.7 Å². The summed E-state index contributed by atoms with van der Waals surface area (Å²) in [7, 11) is 0. The number of amides is 1. The molecule has 0 fully saturated rings. The fourth-order valence-corrected chi connectivity index (χ4v) is 2.59. The van der Waals surface area contributed by atoms with E-state index in [9.17, 15) is 4.79 Å². The van der Waals surface area contributed by atoms with Gasteiger partial charge >= 0.3 is 0 Å². The van der Waals surface area contributed by atoms with Gasteiger partial charge in [0, 0.05) is 21.4 Å². The summed E-state index contributed by atoms with van der Waals surface area (Å²) in [6.07, 6.45) is 3.24. The zero-order chi connectivity index (χ0) is 15.5. The highest BCUT2D eigenvalue weighted by molar-refractivity contribution is 14.1. The van der Waals surface area contributed by atoms with Crippen molar-refractivity contribution in [3.05, 3.63) is 51.7 Å². The second kappa shape index (κ2) is 6.18. The van der Waals surface area contributed by atoms with Crippen molar-refractivity contribution in [3.63, 3.8) is 0 Å². The van der Waals surface area contributed by atoms with Gasteiger partial charge in [-0.1, -0.05) is 12.1 Å². The molecule has 1 aromatic carbocycles. The first-order chi connectivity index (χ1) is 10.6. The molecule has 0 aliphatic rings. The highest BCUT2D eigenvalue weighted by Gasteiger charge is 2.15. The number of carbonyl (C=O) groups excluding carboxylic acids is 1. The second-order valence-corrected chi connectivity index (χ2v) is 5.58. The maximum Gasteiger partial charge on any atom is 0.271 e. The standard InChI is InChI=1S/C14H11IN6O/c15-9-4-1-3-8-11(9)20-14(16)21-12(8)13(22)19-7-10-17-5-2-6-18-10/h1-6H,7H2,(H,19,22)(H2,16,20,21). The first-order valence-electron chi connectivity index (χ1n) is 6.41. The quantitative estimate of drug-likeness (QED) is 0.640. The van der Waals surface area contributed by atoms with E-state index in [0.29, 0.717) is 16.7 Å². The molecule has 3 rings (SSSR count). The number of hydrogen-bond acceptors (Lipinski definition) is 6. The van der Waals surface area contributed by atoms with E-state index in [2.05, 4.69) is 47.8 Å². The lowest BCUT2D eigenvalue weighted by atomic mass is 10.2. The number of benzene rings is 1. The number of rotatable bonds is 3. The van der Waals surface area contributed by atoms with Gasteiger partial charge in [0.2, 0.25) is 5.95 Å². The van der Waals surface area contributed by atoms with E-state index in [1.165, 1.54) is 0 Å². The minimum absolute atomic E-state index is 0.0673. The monoisotopic (exact) mass is 406 g/mol. The van der Waals surface area contributed by atoms with Crippen LogP contribution in [0.25, 0.3) is 10.9 Å². The minimum Gasteiger partial charge on any atom is -0.368 e. The van der Waals surface area contributed by atoms with Crippen molar-refractivity contribution in [3.8, 4) is 0 Å². The lowest BCUT2D eigenvalue weighted by molar-refractivity contribution is 0.0946. The summed E-state index contributed by atoms with van der Waals surface area (Å²) in [6.45, 7) is 0.217. The van der Waals surface area contributed by atoms with Crippen molar-refractivity contribution in [1.82, 2.24) is 25.3 Å². The number of aromatic nitrogens is 4. The fraction of sp³-hybridized carbons (Fsp3) is 0.0714. The van der Waals surface area contributed by atoms with Gasteiger partial charge in [0.05, 0.1) is 12.1 Å². The Morgan fingerprint density at radius 1 is 1.18 bits per heavy atom. The predicted octanol–water partition coefficient (Wildman–Crippen LogP) is 1.54. The van der Waals surface area contributed by atoms with Gasteiger partial charge < -0.3 is 11.1 Å². The van der Waals surface area contributed by atoms with Gasteiger partial charge in [-0.15, -0.1) is 0 Å². The second-order valence-electron chi connectivity index (χ2n) is 4.41. The molecule has 22 heavy (non-hydrogen) atoms. The lowest BCUT2D eigenvalue weighted by Gasteiger charge is -2.08. The Morgan fingerprint density at radius 3 is 2.73 bits per heavy atom. The number of halogens is 1. The third-order valence-corrected chi connectivity index (χ3v) is 3.81. The van der Waals surface area contributed by atoms with Crippen LogP contribution in [0.3, 0.4) is 0 Å². The van der Waals surface area contributed by atoms with Crippen LogP contribution in [0.1, 0.15) is 16.3 Å². The molecular formula is C14H11IN6O. The normalized spacial score (nSPS) is 10.6. The van der Waals surface area contributed by atoms with Crippen LogP contribution >= 0.6 is 22.6 Å². The highest BCUT2D eigenvalue weighted by Crippen LogP contribution is 2.21. The summed E-state index contributed by atoms with van der Waals surface area (Å²) in [5, 5.41) is 3.40. The van der Waals surface area contributed by atoms with E-state index in [1.54, 1.807) is 24.5 Å². The van der Waals surface area contributed by atoms with Gasteiger partial charge in [0.15, 0.2) is 0 Å². The van der Waals surface area contributed by atoms with E-state index >= 15 is 0 Å². The smallest absolute Gasteiger partial charge is 0.271 e. The summed E-state index contributed by atoms with van der Waals surface area (Å²) in [6, 6.07) is 7.26. The zero-order valence-corrected chi connectivity index (χ0v) is 13.5. The summed E-state index contributed by atoms with van der Waals surface area (Å²) in [4.78, 5) is 28.7. The molecule has 2 aromatic heterocycles. The molecule has 0 spiro atoms. The Morgan fingerprint density at radius 2 is 1.95 bits per heavy atom. The third kappa shape index (κ3) is 2.96. The van der Waals surface area contributed by atoms with E-state index in [-0.39, 0.29) is 24.1 Å². The van der Waals surface area contributed by atoms with Crippen LogP contribution in [0, 0.1) is 3.57 Å². The van der Waals surface area contributed by atoms with Gasteiger partial charge in [0.1, 0.15) is 11.5 Å². The van der Waals surface area contributed by atoms with Crippen molar-refractivity contribution in [2.75, 3.05) is 5.73 Å². The van der Waals surface area contributed by atoms with Crippen LogP contribution in [0.2, 0.25) is 0 Å². The molecule has 2 heterocycles. The summed E-state index contributed by atoms with van der Waals surface area (Å²) in [5.41, 5.74) is 6.62. The first kappa shape index (κ1) is 14.6. The van der Waals surface area contributed by atoms with Gasteiger partial charge in [-0.25, -0.2) is 19.9 Å². The first-order valence-corrected chi connectivity index (χ1v) is 7.49. The molecule has 0 unspecified atom stereocenters. The Hall–Kier alpha value is -2.36. The van der Waals surface area contributed by atoms with Crippen LogP contribution in [-0.4, -0.2) is 25.8 Å². The van der Waals surface area contributed by atoms with E-state index in [4.69, 9.17) is 5.73 Å². The Kier molecular flexibility index (Phi) is 4.09. The number of para-hydroxylation sites is 1. The molecule has 8 heteroatoms. The van der Waals surface area contributed by atoms with Gasteiger partial charge in [-0.05, 0) is 34.7 Å². The van der Waals surface area contributed by atoms with E-state index in [0.717, 1.165) is 3.57 Å². The van der Waals surface area contributed by atoms with Crippen molar-refractivity contribution < 1.29 is 4.79 Å². The zero-order valence-electron chi connectivity index (χ0n) is 11.3. The molecule has 0 radical (unpaired) electrons. The topological polar surface area (TPSA) is 107 Å². The van der Waals surface area contributed by atoms with Crippen LogP contribution in [0.5, 0.6) is 0 Å². The summed E-state index contributed by atoms with van der Waals surface area (Å²) in [5.74, 6) is 0.253. The Balaban J connectivity index is 1.92. The third-order valence-electron chi connectivity index (χ3n) is 2.94. The molecule has 0 bridgehead atoms. The SMILES string of the molecule is Nc1nc(C(=O)NCc2ncccn2)c2cccc(I)c2n1. The van der Waals surface area contributed by atoms with Gasteiger partial charge in [-0.2, -0.15) is 0 Å². The molecule has 7 nitrogen and oxygen atoms in total. The average molecular weight is 406 g/mol. The number of carbonyl (C=O) groups is 1. The number of fused-ring (bicyclic) bond motifs is 1. The molecule has 3 aromatic rings. The van der Waals surface area contributed by atoms with Crippen LogP contribution in [-0.2, 0) is 6.54 Å². The molecular weight excluding hydrogens is 395 g/mol. The number of anilines is 1. The van der Waals surface area contributed by atoms with E-state index in [1.807, 2.05) is 12.1 Å². The molecule has 1 amide bonds. The number of nitrogen functional groups attached to an aromatic ring is 1. The predicted molar refractivity (Wildman–Crippen MR) is 89.9 cm³/mol. The lowest BCUT2D eigenvalue weighted by Crippen LogP contribution is -2.25. The molecule has 0 saturated carbocycles. The Labute approximate surface area is 139 Å². The molecule has 3 N–H and O–H groups in total. The maximum atomic E-state index is 12.4. The maximum absolute atomic E-state index is 12.4. The van der Waals surface area contributed by atoms with Crippen LogP contribution < -0.4 is 11.1 Å². The summed E-state index contributed by atoms with van der Waals surface area (Å²) < 4.78 is 0.907. The largest absolute Gasteiger partial charge is 0.368 e. The molecule has 0 aliphatic carbocycles. The molecule has 0 atom stereocenters. The number of nitrogens with two attached hydrogens (primary N) is 1. The molecule has 0 saturated heterocycles. The van der Waals surface area contributed by atoms with Crippen molar-refractivity contribution in [2.45, 2.75) is 6.54 Å². The van der Waals surface area contributed by atoms with E-state index < -0.39 is 0 Å². The van der Waals surface area contributed by atoms with Crippen LogP contribution in [0.4, 0.5) is 5.95 Å². The number of nitrogens with one attached hydrogen (secondary N) is 1. The van der Waals surface area contributed by atoms with Gasteiger partial charge in [-0.3, -0.25) is 4.79 Å². The fourth-order valence-electron chi connectivity index (χ4n) is 1.97. The Bertz CT molecular complexity index is 839. The molecule has 0 aliphatic heterocycles. The average Bonchev–Trinajstić information content (AvgIpc) is 2.54. The van der Waals surface area contributed by atoms with Gasteiger partial charge in [0.25, 0.3) is 5.91 Å². The van der Waals surface area contributed by atoms with Crippen molar-refractivity contribution >= 4 is 45.3 Å². The summed E-state index contributed by atoms with van der Waals surface area (Å²) >= 11 is 2.15. The number of nitrogens with zero attached hydrogens (tertiary/aromatic N) is 4. The van der Waals surface area contributed by atoms with Crippen molar-refractivity contribution in [2.24, 2.45) is 0 Å². The number of hydrogen-bond donors (Lipinski definition) is 2. The van der Waals surface area contributed by atoms with Crippen molar-refractivity contribution in [1.29, 1.82) is 0 Å². The minimum atomic E-state index is -0.339. The highest BCUT2D eigenvalue weighted by atomic mass is 127. The molecule has 110 valence electrons.